The van der Waals surface area contributed by atoms with Crippen LogP contribution in [0.2, 0.25) is 0 Å². The molecule has 1 aromatic carbocycles. The van der Waals surface area contributed by atoms with Gasteiger partial charge in [0.25, 0.3) is 0 Å². The quantitative estimate of drug-likeness (QED) is 0.481. The third-order valence-electron chi connectivity index (χ3n) is 7.47. The Kier molecular flexibility index (Phi) is 5.78. The first-order valence-corrected chi connectivity index (χ1v) is 12.6. The highest BCUT2D eigenvalue weighted by Gasteiger charge is 2.21. The number of benzene rings is 1. The number of ether oxygens (including phenoxy) is 1. The lowest BCUT2D eigenvalue weighted by Crippen LogP contribution is -2.37. The van der Waals surface area contributed by atoms with Gasteiger partial charge in [0.15, 0.2) is 5.65 Å². The number of nitrogens with one attached hydrogen (secondary N) is 1. The number of aromatic nitrogens is 5. The van der Waals surface area contributed by atoms with Crippen LogP contribution in [-0.4, -0.2) is 76.1 Å². The van der Waals surface area contributed by atoms with Gasteiger partial charge in [0.2, 0.25) is 0 Å². The molecule has 4 aromatic rings. The first kappa shape index (κ1) is 22.2. The summed E-state index contributed by atoms with van der Waals surface area (Å²) in [4.78, 5) is 17.9. The fourth-order valence-electron chi connectivity index (χ4n) is 5.58. The Balaban J connectivity index is 1.32. The lowest BCUT2D eigenvalue weighted by Gasteiger charge is -2.31. The van der Waals surface area contributed by atoms with Crippen molar-refractivity contribution >= 4 is 16.9 Å². The van der Waals surface area contributed by atoms with Crippen molar-refractivity contribution in [1.82, 2.24) is 29.6 Å². The Bertz CT molecular complexity index is 1320. The molecule has 0 saturated carbocycles. The van der Waals surface area contributed by atoms with Gasteiger partial charge in [0.05, 0.1) is 37.3 Å². The van der Waals surface area contributed by atoms with Crippen molar-refractivity contribution in [3.05, 3.63) is 48.0 Å². The maximum atomic E-state index is 5.54. The summed E-state index contributed by atoms with van der Waals surface area (Å²) in [5.74, 6) is 0. The van der Waals surface area contributed by atoms with Gasteiger partial charge in [-0.05, 0) is 70.1 Å². The third-order valence-corrected chi connectivity index (χ3v) is 7.47. The van der Waals surface area contributed by atoms with E-state index in [4.69, 9.17) is 19.8 Å². The van der Waals surface area contributed by atoms with Crippen molar-refractivity contribution in [2.75, 3.05) is 51.3 Å². The number of aryl methyl sites for hydroxylation is 2. The van der Waals surface area contributed by atoms with Gasteiger partial charge in [-0.15, -0.1) is 0 Å². The first-order chi connectivity index (χ1) is 17.1. The largest absolute Gasteiger partial charge is 0.378 e. The van der Waals surface area contributed by atoms with Gasteiger partial charge in [-0.1, -0.05) is 0 Å². The summed E-state index contributed by atoms with van der Waals surface area (Å²) in [5, 5.41) is 4.71. The van der Waals surface area contributed by atoms with Gasteiger partial charge >= 0.3 is 0 Å². The number of likely N-dealkylation sites (tertiary alicyclic amines) is 1. The van der Waals surface area contributed by atoms with Gasteiger partial charge in [-0.3, -0.25) is 4.68 Å². The Morgan fingerprint density at radius 3 is 2.46 bits per heavy atom. The molecule has 6 rings (SSSR count). The predicted molar refractivity (Wildman–Crippen MR) is 139 cm³/mol. The highest BCUT2D eigenvalue weighted by Crippen LogP contribution is 2.33. The summed E-state index contributed by atoms with van der Waals surface area (Å²) in [6.45, 7) is 10.0. The van der Waals surface area contributed by atoms with Crippen molar-refractivity contribution in [3.8, 4) is 22.4 Å². The van der Waals surface area contributed by atoms with Crippen LogP contribution in [0, 0.1) is 13.8 Å². The molecule has 0 bridgehead atoms. The minimum absolute atomic E-state index is 0.461. The highest BCUT2D eigenvalue weighted by molar-refractivity contribution is 5.91. The summed E-state index contributed by atoms with van der Waals surface area (Å²) in [6, 6.07) is 4.93. The van der Waals surface area contributed by atoms with Crippen LogP contribution in [0.25, 0.3) is 33.5 Å². The molecule has 2 saturated heterocycles. The Morgan fingerprint density at radius 2 is 1.71 bits per heavy atom. The number of hydrogen-bond acceptors (Lipinski definition) is 6. The number of hydrogen-bond donors (Lipinski definition) is 1. The molecule has 1 N–H and O–H groups in total. The summed E-state index contributed by atoms with van der Waals surface area (Å²) in [6.07, 6.45) is 10.3. The zero-order chi connectivity index (χ0) is 23.9. The highest BCUT2D eigenvalue weighted by atomic mass is 16.5. The van der Waals surface area contributed by atoms with Crippen LogP contribution in [0.15, 0.2) is 36.9 Å². The molecule has 0 spiro atoms. The van der Waals surface area contributed by atoms with Crippen LogP contribution in [-0.2, 0) is 4.74 Å². The molecule has 8 nitrogen and oxygen atoms in total. The molecule has 0 radical (unpaired) electrons. The second-order valence-electron chi connectivity index (χ2n) is 9.96. The second kappa shape index (κ2) is 9.09. The van der Waals surface area contributed by atoms with E-state index in [2.05, 4.69) is 58.7 Å². The van der Waals surface area contributed by atoms with Gasteiger partial charge in [-0.2, -0.15) is 5.10 Å². The second-order valence-corrected chi connectivity index (χ2v) is 9.96. The van der Waals surface area contributed by atoms with Crippen molar-refractivity contribution < 1.29 is 4.74 Å². The zero-order valence-electron chi connectivity index (χ0n) is 20.8. The summed E-state index contributed by atoms with van der Waals surface area (Å²) in [5.41, 5.74) is 9.64. The van der Waals surface area contributed by atoms with E-state index >= 15 is 0 Å². The van der Waals surface area contributed by atoms with E-state index in [-0.39, 0.29) is 0 Å². The molecule has 0 atom stereocenters. The van der Waals surface area contributed by atoms with E-state index < -0.39 is 0 Å². The maximum absolute atomic E-state index is 5.54. The standard InChI is InChI=1S/C27H33N7O/c1-18-12-20(13-19(2)26(18)33-8-10-35-11-9-33)24-16-29-27-25(31-24)23(15-28-27)21-14-30-34(17-21)22-4-6-32(3)7-5-22/h12-17,22H,4-11H2,1-3H3,(H,28,29). The molecular weight excluding hydrogens is 438 g/mol. The molecule has 182 valence electrons. The third kappa shape index (κ3) is 4.21. The Hall–Kier alpha value is -3.23. The van der Waals surface area contributed by atoms with Gasteiger partial charge < -0.3 is 19.5 Å². The van der Waals surface area contributed by atoms with Crippen LogP contribution in [0.3, 0.4) is 0 Å². The van der Waals surface area contributed by atoms with Crippen LogP contribution in [0.1, 0.15) is 30.0 Å². The predicted octanol–water partition coefficient (Wildman–Crippen LogP) is 4.21. The topological polar surface area (TPSA) is 75.1 Å². The van der Waals surface area contributed by atoms with Gasteiger partial charge in [0, 0.05) is 47.9 Å². The minimum Gasteiger partial charge on any atom is -0.378 e. The van der Waals surface area contributed by atoms with Crippen LogP contribution >= 0.6 is 0 Å². The monoisotopic (exact) mass is 471 g/mol. The molecule has 2 fully saturated rings. The van der Waals surface area contributed by atoms with Crippen molar-refractivity contribution in [3.63, 3.8) is 0 Å². The Morgan fingerprint density at radius 1 is 0.971 bits per heavy atom. The summed E-state index contributed by atoms with van der Waals surface area (Å²) in [7, 11) is 2.19. The molecule has 35 heavy (non-hydrogen) atoms. The molecule has 0 aliphatic carbocycles. The van der Waals surface area contributed by atoms with E-state index in [0.29, 0.717) is 6.04 Å². The molecule has 8 heteroatoms. The van der Waals surface area contributed by atoms with Crippen LogP contribution < -0.4 is 4.90 Å². The number of rotatable bonds is 4. The number of aromatic amines is 1. The number of nitrogens with zero attached hydrogens (tertiary/aromatic N) is 6. The molecule has 0 unspecified atom stereocenters. The van der Waals surface area contributed by atoms with Crippen LogP contribution in [0.4, 0.5) is 5.69 Å². The lowest BCUT2D eigenvalue weighted by atomic mass is 10.0. The van der Waals surface area contributed by atoms with Crippen molar-refractivity contribution in [1.29, 1.82) is 0 Å². The molecule has 0 amide bonds. The van der Waals surface area contributed by atoms with Crippen molar-refractivity contribution in [2.24, 2.45) is 0 Å². The van der Waals surface area contributed by atoms with E-state index in [1.54, 1.807) is 0 Å². The van der Waals surface area contributed by atoms with Crippen molar-refractivity contribution in [2.45, 2.75) is 32.7 Å². The normalized spacial score (nSPS) is 18.0. The van der Waals surface area contributed by atoms with E-state index in [9.17, 15) is 0 Å². The minimum atomic E-state index is 0.461. The average Bonchev–Trinajstić information content (AvgIpc) is 3.51. The smallest absolute Gasteiger partial charge is 0.156 e. The fraction of sp³-hybridized carbons (Fsp3) is 0.444. The number of piperidine rings is 1. The zero-order valence-corrected chi connectivity index (χ0v) is 20.8. The van der Waals surface area contributed by atoms with Gasteiger partial charge in [0.1, 0.15) is 5.52 Å². The maximum Gasteiger partial charge on any atom is 0.156 e. The number of anilines is 1. The van der Waals surface area contributed by atoms with Gasteiger partial charge in [-0.25, -0.2) is 9.97 Å². The molecule has 3 aromatic heterocycles. The number of morpholine rings is 1. The van der Waals surface area contributed by atoms with Crippen LogP contribution in [0.5, 0.6) is 0 Å². The first-order valence-electron chi connectivity index (χ1n) is 12.6. The lowest BCUT2D eigenvalue weighted by molar-refractivity contribution is 0.122. The SMILES string of the molecule is Cc1cc(-c2cnc3[nH]cc(-c4cnn(C5CCN(C)CC5)c4)c3n2)cc(C)c1N1CCOCC1. The summed E-state index contributed by atoms with van der Waals surface area (Å²) >= 11 is 0. The van der Waals surface area contributed by atoms with E-state index in [1.807, 2.05) is 18.6 Å². The molecular formula is C27H33N7O. The number of H-pyrrole nitrogens is 1. The Labute approximate surface area is 205 Å². The number of fused-ring (bicyclic) bond motifs is 1. The summed E-state index contributed by atoms with van der Waals surface area (Å²) < 4.78 is 7.68. The molecule has 2 aliphatic rings. The molecule has 5 heterocycles. The van der Waals surface area contributed by atoms with E-state index in [0.717, 1.165) is 85.8 Å². The average molecular weight is 472 g/mol. The molecule has 2 aliphatic heterocycles. The van der Waals surface area contributed by atoms with E-state index in [1.165, 1.54) is 16.8 Å². The fourth-order valence-corrected chi connectivity index (χ4v) is 5.58.